The van der Waals surface area contributed by atoms with E-state index in [9.17, 15) is 19.5 Å². The highest BCUT2D eigenvalue weighted by Crippen LogP contribution is 2.46. The normalized spacial score (nSPS) is 21.6. The third-order valence-corrected chi connectivity index (χ3v) is 8.76. The number of hydrogen-bond donors (Lipinski definition) is 3. The first kappa shape index (κ1) is 26.6. The largest absolute Gasteiger partial charge is 0.458 e. The van der Waals surface area contributed by atoms with E-state index in [-0.39, 0.29) is 53.9 Å². The second-order valence-electron chi connectivity index (χ2n) is 11.6. The molecule has 0 bridgehead atoms. The van der Waals surface area contributed by atoms with Crippen LogP contribution in [0.3, 0.4) is 0 Å². The number of nitrogens with one attached hydrogen (secondary N) is 1. The molecule has 1 aromatic carbocycles. The summed E-state index contributed by atoms with van der Waals surface area (Å²) in [7, 11) is 0. The van der Waals surface area contributed by atoms with Crippen molar-refractivity contribution in [2.24, 2.45) is 11.7 Å². The topological polar surface area (TPSA) is 137 Å². The molecule has 6 rings (SSSR count). The van der Waals surface area contributed by atoms with Gasteiger partial charge in [0.05, 0.1) is 41.1 Å². The number of carbonyl (C=O) groups is 2. The lowest BCUT2D eigenvalue weighted by atomic mass is 9.81. The van der Waals surface area contributed by atoms with Gasteiger partial charge in [0.25, 0.3) is 5.56 Å². The number of ether oxygens (including phenoxy) is 1. The lowest BCUT2D eigenvalue weighted by Crippen LogP contribution is -2.44. The van der Waals surface area contributed by atoms with Gasteiger partial charge in [-0.25, -0.2) is 14.2 Å². The van der Waals surface area contributed by atoms with E-state index >= 15 is 4.39 Å². The molecule has 0 radical (unpaired) electrons. The minimum Gasteiger partial charge on any atom is -0.458 e. The van der Waals surface area contributed by atoms with Crippen LogP contribution in [0.1, 0.15) is 79.5 Å². The van der Waals surface area contributed by atoms with Crippen molar-refractivity contribution in [2.75, 3.05) is 0 Å². The Hall–Kier alpha value is -3.63. The molecule has 0 saturated heterocycles. The van der Waals surface area contributed by atoms with E-state index in [0.29, 0.717) is 41.7 Å². The molecule has 1 amide bonds. The Morgan fingerprint density at radius 2 is 2.05 bits per heavy atom. The van der Waals surface area contributed by atoms with Crippen LogP contribution in [-0.2, 0) is 39.5 Å². The molecule has 1 aliphatic carbocycles. The molecule has 9 nitrogen and oxygen atoms in total. The van der Waals surface area contributed by atoms with Gasteiger partial charge < -0.3 is 25.5 Å². The second kappa shape index (κ2) is 9.21. The molecule has 2 aliphatic heterocycles. The molecule has 3 aliphatic rings. The Balaban J connectivity index is 1.57. The van der Waals surface area contributed by atoms with E-state index in [1.165, 1.54) is 6.07 Å². The number of fused-ring (bicyclic) bond motifs is 5. The summed E-state index contributed by atoms with van der Waals surface area (Å²) >= 11 is 0. The molecule has 210 valence electrons. The van der Waals surface area contributed by atoms with E-state index < -0.39 is 23.7 Å². The molecule has 0 spiro atoms. The van der Waals surface area contributed by atoms with Gasteiger partial charge in [0.1, 0.15) is 12.4 Å². The minimum atomic E-state index is -1.95. The van der Waals surface area contributed by atoms with Gasteiger partial charge in [-0.2, -0.15) is 0 Å². The number of benzene rings is 1. The van der Waals surface area contributed by atoms with Crippen LogP contribution in [0.25, 0.3) is 22.3 Å². The van der Waals surface area contributed by atoms with Crippen LogP contribution >= 0.6 is 0 Å². The van der Waals surface area contributed by atoms with Gasteiger partial charge in [-0.1, -0.05) is 20.8 Å². The molecule has 4 heterocycles. The Kier molecular flexibility index (Phi) is 6.12. The number of nitrogens with two attached hydrogens (primary N) is 1. The molecule has 0 saturated carbocycles. The first-order valence-corrected chi connectivity index (χ1v) is 13.8. The fraction of sp³-hybridized carbons (Fsp3) is 0.467. The highest BCUT2D eigenvalue weighted by Gasteiger charge is 2.46. The van der Waals surface area contributed by atoms with Gasteiger partial charge in [-0.05, 0) is 61.3 Å². The van der Waals surface area contributed by atoms with Gasteiger partial charge in [0, 0.05) is 22.6 Å². The first-order chi connectivity index (χ1) is 19.0. The zero-order valence-corrected chi connectivity index (χ0v) is 23.1. The van der Waals surface area contributed by atoms with E-state index in [1.807, 2.05) is 13.8 Å². The molecule has 4 N–H and O–H groups in total. The first-order valence-electron chi connectivity index (χ1n) is 13.8. The van der Waals surface area contributed by atoms with Crippen molar-refractivity contribution >= 4 is 22.8 Å². The highest BCUT2D eigenvalue weighted by molar-refractivity contribution is 5.94. The fourth-order valence-electron chi connectivity index (χ4n) is 6.59. The van der Waals surface area contributed by atoms with Crippen molar-refractivity contribution < 1.29 is 23.8 Å². The lowest BCUT2D eigenvalue weighted by molar-refractivity contribution is -0.172. The third kappa shape index (κ3) is 3.72. The quantitative estimate of drug-likeness (QED) is 0.326. The summed E-state index contributed by atoms with van der Waals surface area (Å²) in [5.74, 6) is -1.17. The van der Waals surface area contributed by atoms with Gasteiger partial charge in [-0.15, -0.1) is 0 Å². The van der Waals surface area contributed by atoms with Gasteiger partial charge in [0.2, 0.25) is 5.91 Å². The summed E-state index contributed by atoms with van der Waals surface area (Å²) in [4.78, 5) is 44.2. The number of amides is 1. The molecule has 40 heavy (non-hydrogen) atoms. The molecular formula is C30H33FN4O5. The highest BCUT2D eigenvalue weighted by atomic mass is 19.1. The number of aromatic nitrogens is 2. The maximum atomic E-state index is 15.0. The van der Waals surface area contributed by atoms with E-state index in [4.69, 9.17) is 15.5 Å². The number of hydrogen-bond acceptors (Lipinski definition) is 7. The number of nitrogens with zero attached hydrogens (tertiary/aromatic N) is 2. The predicted octanol–water partition coefficient (Wildman–Crippen LogP) is 3.00. The standard InChI is InChI=1S/C30H33FN4O5/c1-5-30(39)18-9-23-26-16(11-35(23)28(37)17(18)12-40-29(30)38)25-21(34-27(36)20(32)8-13(2)3)7-6-15-14(4)19(31)10-22(33-26)24(15)25/h9-10,13,20-21,39H,5-8,11-12,32H2,1-4H3,(H,34,36)/t20?,21-,30-/m0/s1. The van der Waals surface area contributed by atoms with Crippen molar-refractivity contribution in [3.05, 3.63) is 61.7 Å². The van der Waals surface area contributed by atoms with E-state index in [1.54, 1.807) is 24.5 Å². The average Bonchev–Trinajstić information content (AvgIpc) is 3.28. The fourth-order valence-corrected chi connectivity index (χ4v) is 6.59. The Bertz CT molecular complexity index is 1680. The zero-order valence-electron chi connectivity index (χ0n) is 23.1. The molecule has 0 fully saturated rings. The van der Waals surface area contributed by atoms with Crippen molar-refractivity contribution in [1.29, 1.82) is 0 Å². The summed E-state index contributed by atoms with van der Waals surface area (Å²) < 4.78 is 21.8. The zero-order chi connectivity index (χ0) is 28.7. The van der Waals surface area contributed by atoms with Crippen LogP contribution in [0.15, 0.2) is 16.9 Å². The average molecular weight is 549 g/mol. The van der Waals surface area contributed by atoms with Crippen LogP contribution in [0.5, 0.6) is 0 Å². The smallest absolute Gasteiger partial charge is 0.343 e. The number of carbonyl (C=O) groups excluding carboxylic acids is 2. The molecule has 10 heteroatoms. The van der Waals surface area contributed by atoms with Gasteiger partial charge in [0.15, 0.2) is 5.60 Å². The van der Waals surface area contributed by atoms with Gasteiger partial charge in [-0.3, -0.25) is 9.59 Å². The van der Waals surface area contributed by atoms with Crippen molar-refractivity contribution in [3.63, 3.8) is 0 Å². The van der Waals surface area contributed by atoms with Crippen LogP contribution in [0.2, 0.25) is 0 Å². The number of halogens is 1. The Morgan fingerprint density at radius 1 is 1.30 bits per heavy atom. The van der Waals surface area contributed by atoms with E-state index in [0.717, 1.165) is 22.1 Å². The maximum Gasteiger partial charge on any atom is 0.343 e. The van der Waals surface area contributed by atoms with Crippen LogP contribution in [0, 0.1) is 18.7 Å². The Morgan fingerprint density at radius 3 is 2.75 bits per heavy atom. The summed E-state index contributed by atoms with van der Waals surface area (Å²) in [6.07, 6.45) is 1.67. The lowest BCUT2D eigenvalue weighted by Gasteiger charge is -2.31. The maximum absolute atomic E-state index is 15.0. The van der Waals surface area contributed by atoms with Crippen LogP contribution < -0.4 is 16.6 Å². The monoisotopic (exact) mass is 548 g/mol. The molecule has 2 aromatic heterocycles. The SMILES string of the molecule is CC[C@@]1(O)C(=O)OCc2c1cc1n(c2=O)Cc2c-1nc1cc(F)c(C)c3c1c2[C@@H](NC(=O)C(N)CC(C)C)CC3. The van der Waals surface area contributed by atoms with Crippen molar-refractivity contribution in [3.8, 4) is 11.4 Å². The van der Waals surface area contributed by atoms with Crippen LogP contribution in [-0.4, -0.2) is 32.6 Å². The molecule has 3 aromatic rings. The molecule has 1 unspecified atom stereocenters. The summed E-state index contributed by atoms with van der Waals surface area (Å²) in [6.45, 7) is 7.37. The molecular weight excluding hydrogens is 515 g/mol. The third-order valence-electron chi connectivity index (χ3n) is 8.76. The van der Waals surface area contributed by atoms with E-state index in [2.05, 4.69) is 5.32 Å². The van der Waals surface area contributed by atoms with Crippen LogP contribution in [0.4, 0.5) is 4.39 Å². The minimum absolute atomic E-state index is 0.0313. The summed E-state index contributed by atoms with van der Waals surface area (Å²) in [5.41, 5.74) is 8.63. The molecule has 3 atom stereocenters. The van der Waals surface area contributed by atoms with Crippen molar-refractivity contribution in [2.45, 2.75) is 84.2 Å². The summed E-state index contributed by atoms with van der Waals surface area (Å²) in [5, 5.41) is 15.1. The van der Waals surface area contributed by atoms with Gasteiger partial charge >= 0.3 is 5.97 Å². The summed E-state index contributed by atoms with van der Waals surface area (Å²) in [6, 6.07) is 1.96. The number of cyclic esters (lactones) is 1. The number of aryl methyl sites for hydroxylation is 1. The number of aliphatic hydroxyl groups is 1. The Labute approximate surface area is 230 Å². The number of pyridine rings is 2. The number of esters is 1. The van der Waals surface area contributed by atoms with Crippen molar-refractivity contribution in [1.82, 2.24) is 14.9 Å². The number of rotatable bonds is 5. The predicted molar refractivity (Wildman–Crippen MR) is 146 cm³/mol. The second-order valence-corrected chi connectivity index (χ2v) is 11.6.